The number of hydrogen-bond donors (Lipinski definition) is 2. The zero-order valence-corrected chi connectivity index (χ0v) is 16.3. The van der Waals surface area contributed by atoms with Crippen molar-refractivity contribution in [1.82, 2.24) is 25.5 Å². The molecule has 7 heteroatoms. The van der Waals surface area contributed by atoms with Crippen LogP contribution in [0.5, 0.6) is 0 Å². The predicted molar refractivity (Wildman–Crippen MR) is 111 cm³/mol. The monoisotopic (exact) mass is 389 g/mol. The molecule has 2 atom stereocenters. The van der Waals surface area contributed by atoms with Crippen LogP contribution in [0, 0.1) is 12.8 Å². The second-order valence-electron chi connectivity index (χ2n) is 7.83. The minimum Gasteiger partial charge on any atom is -0.338 e. The third kappa shape index (κ3) is 3.12. The van der Waals surface area contributed by atoms with Crippen molar-refractivity contribution < 1.29 is 4.79 Å². The third-order valence-corrected chi connectivity index (χ3v) is 6.00. The number of hydrazine groups is 1. The number of nitrogens with zero attached hydrogens (tertiary/aromatic N) is 3. The van der Waals surface area contributed by atoms with E-state index in [9.17, 15) is 9.59 Å². The average Bonchev–Trinajstić information content (AvgIpc) is 3.24. The third-order valence-electron chi connectivity index (χ3n) is 6.00. The van der Waals surface area contributed by atoms with Gasteiger partial charge in [0.15, 0.2) is 0 Å². The van der Waals surface area contributed by atoms with Crippen LogP contribution >= 0.6 is 0 Å². The molecule has 2 aliphatic heterocycles. The molecule has 0 bridgehead atoms. The molecule has 5 rings (SSSR count). The molecular weight excluding hydrogens is 366 g/mol. The standard InChI is InChI=1S/C22H23N5O2/c1-14-18-7-2-3-8-19(18)22(29)27(25-14)17-6-4-5-15(11-17)21(28)26-10-9-20-16(13-26)12-23-24-20/h2-8,11,16,20,23-24H,9-10,12-13H2,1H3. The van der Waals surface area contributed by atoms with Gasteiger partial charge in [0.05, 0.1) is 16.8 Å². The first-order chi connectivity index (χ1) is 14.1. The van der Waals surface area contributed by atoms with Gasteiger partial charge in [-0.25, -0.2) is 0 Å². The number of fused-ring (bicyclic) bond motifs is 2. The summed E-state index contributed by atoms with van der Waals surface area (Å²) < 4.78 is 1.39. The molecule has 2 saturated heterocycles. The lowest BCUT2D eigenvalue weighted by atomic mass is 9.94. The highest BCUT2D eigenvalue weighted by Crippen LogP contribution is 2.22. The van der Waals surface area contributed by atoms with Gasteiger partial charge in [0.2, 0.25) is 0 Å². The lowest BCUT2D eigenvalue weighted by Crippen LogP contribution is -2.47. The predicted octanol–water partition coefficient (Wildman–Crippen LogP) is 1.63. The molecule has 7 nitrogen and oxygen atoms in total. The van der Waals surface area contributed by atoms with E-state index in [0.717, 1.165) is 37.1 Å². The van der Waals surface area contributed by atoms with Crippen molar-refractivity contribution in [2.45, 2.75) is 19.4 Å². The summed E-state index contributed by atoms with van der Waals surface area (Å²) in [5, 5.41) is 5.97. The smallest absolute Gasteiger partial charge is 0.279 e. The molecule has 2 aromatic carbocycles. The highest BCUT2D eigenvalue weighted by molar-refractivity contribution is 5.95. The number of piperidine rings is 1. The van der Waals surface area contributed by atoms with Gasteiger partial charge < -0.3 is 4.90 Å². The molecule has 29 heavy (non-hydrogen) atoms. The normalized spacial score (nSPS) is 21.3. The number of likely N-dealkylation sites (tertiary alicyclic amines) is 1. The van der Waals surface area contributed by atoms with Gasteiger partial charge in [-0.3, -0.25) is 20.4 Å². The van der Waals surface area contributed by atoms with Crippen molar-refractivity contribution in [3.05, 3.63) is 70.1 Å². The Morgan fingerprint density at radius 3 is 2.83 bits per heavy atom. The van der Waals surface area contributed by atoms with Crippen LogP contribution in [-0.4, -0.2) is 46.3 Å². The first-order valence-electron chi connectivity index (χ1n) is 9.98. The summed E-state index contributed by atoms with van der Waals surface area (Å²) in [4.78, 5) is 28.0. The van der Waals surface area contributed by atoms with Gasteiger partial charge in [-0.15, -0.1) is 0 Å². The Morgan fingerprint density at radius 2 is 1.97 bits per heavy atom. The molecule has 3 aromatic rings. The van der Waals surface area contributed by atoms with Gasteiger partial charge in [0.1, 0.15) is 0 Å². The molecule has 148 valence electrons. The number of amides is 1. The van der Waals surface area contributed by atoms with Crippen LogP contribution in [0.25, 0.3) is 16.5 Å². The van der Waals surface area contributed by atoms with Crippen molar-refractivity contribution in [2.24, 2.45) is 5.92 Å². The Balaban J connectivity index is 1.49. The number of hydrogen-bond acceptors (Lipinski definition) is 5. The zero-order chi connectivity index (χ0) is 20.0. The van der Waals surface area contributed by atoms with Crippen molar-refractivity contribution in [3.63, 3.8) is 0 Å². The Labute approximate surface area is 168 Å². The molecule has 0 spiro atoms. The van der Waals surface area contributed by atoms with Crippen molar-refractivity contribution in [3.8, 4) is 5.69 Å². The van der Waals surface area contributed by atoms with Crippen molar-refractivity contribution in [2.75, 3.05) is 19.6 Å². The number of benzene rings is 2. The molecule has 3 heterocycles. The second kappa shape index (κ2) is 7.09. The summed E-state index contributed by atoms with van der Waals surface area (Å²) in [5.74, 6) is 0.436. The molecule has 2 N–H and O–H groups in total. The van der Waals surface area contributed by atoms with Gasteiger partial charge in [-0.2, -0.15) is 9.78 Å². The van der Waals surface area contributed by atoms with Crippen molar-refractivity contribution in [1.29, 1.82) is 0 Å². The minimum absolute atomic E-state index is 0.00256. The van der Waals surface area contributed by atoms with Crippen LogP contribution in [0.4, 0.5) is 0 Å². The molecule has 2 unspecified atom stereocenters. The molecular formula is C22H23N5O2. The van der Waals surface area contributed by atoms with E-state index in [2.05, 4.69) is 16.0 Å². The largest absolute Gasteiger partial charge is 0.338 e. The van der Waals surface area contributed by atoms with Crippen LogP contribution < -0.4 is 16.4 Å². The van der Waals surface area contributed by atoms with Crippen molar-refractivity contribution >= 4 is 16.7 Å². The first kappa shape index (κ1) is 18.0. The summed E-state index contributed by atoms with van der Waals surface area (Å²) in [7, 11) is 0. The van der Waals surface area contributed by atoms with Crippen LogP contribution in [-0.2, 0) is 0 Å². The van der Waals surface area contributed by atoms with E-state index < -0.39 is 0 Å². The van der Waals surface area contributed by atoms with Gasteiger partial charge >= 0.3 is 0 Å². The SMILES string of the molecule is Cc1nn(-c2cccc(C(=O)N3CCC4NNCC4C3)c2)c(=O)c2ccccc12. The average molecular weight is 389 g/mol. The highest BCUT2D eigenvalue weighted by Gasteiger charge is 2.34. The minimum atomic E-state index is -0.181. The maximum absolute atomic E-state index is 13.1. The number of aryl methyl sites for hydroxylation is 1. The molecule has 2 fully saturated rings. The summed E-state index contributed by atoms with van der Waals surface area (Å²) >= 11 is 0. The van der Waals surface area contributed by atoms with Crippen LogP contribution in [0.1, 0.15) is 22.5 Å². The molecule has 0 radical (unpaired) electrons. The number of nitrogens with one attached hydrogen (secondary N) is 2. The Hall–Kier alpha value is -3.03. The number of rotatable bonds is 2. The van der Waals surface area contributed by atoms with E-state index >= 15 is 0 Å². The molecule has 0 aliphatic carbocycles. The van der Waals surface area contributed by atoms with Gasteiger partial charge in [0, 0.05) is 42.5 Å². The van der Waals surface area contributed by atoms with E-state index in [1.165, 1.54) is 4.68 Å². The fourth-order valence-electron chi connectivity index (χ4n) is 4.41. The van der Waals surface area contributed by atoms with E-state index in [0.29, 0.717) is 28.6 Å². The Kier molecular flexibility index (Phi) is 4.41. The molecule has 1 aromatic heterocycles. The first-order valence-corrected chi connectivity index (χ1v) is 9.98. The Morgan fingerprint density at radius 1 is 1.14 bits per heavy atom. The number of aromatic nitrogens is 2. The van der Waals surface area contributed by atoms with E-state index in [-0.39, 0.29) is 11.5 Å². The van der Waals surface area contributed by atoms with Gasteiger partial charge in [-0.05, 0) is 37.6 Å². The summed E-state index contributed by atoms with van der Waals surface area (Å²) in [5.41, 5.74) is 8.25. The maximum Gasteiger partial charge on any atom is 0.279 e. The van der Waals surface area contributed by atoms with E-state index in [1.54, 1.807) is 6.07 Å². The van der Waals surface area contributed by atoms with Crippen LogP contribution in [0.15, 0.2) is 53.3 Å². The Bertz CT molecular complexity index is 1160. The summed E-state index contributed by atoms with van der Waals surface area (Å²) in [6, 6.07) is 15.1. The lowest BCUT2D eigenvalue weighted by Gasteiger charge is -2.34. The molecule has 0 saturated carbocycles. The topological polar surface area (TPSA) is 79.3 Å². The van der Waals surface area contributed by atoms with Gasteiger partial charge in [-0.1, -0.05) is 24.3 Å². The molecule has 2 aliphatic rings. The number of carbonyl (C=O) groups excluding carboxylic acids is 1. The fraction of sp³-hybridized carbons (Fsp3) is 0.318. The summed E-state index contributed by atoms with van der Waals surface area (Å²) in [6.45, 7) is 4.23. The zero-order valence-electron chi connectivity index (χ0n) is 16.3. The lowest BCUT2D eigenvalue weighted by molar-refractivity contribution is 0.0668. The fourth-order valence-corrected chi connectivity index (χ4v) is 4.41. The van der Waals surface area contributed by atoms with E-state index in [1.807, 2.05) is 54.3 Å². The van der Waals surface area contributed by atoms with E-state index in [4.69, 9.17) is 0 Å². The molecule has 1 amide bonds. The highest BCUT2D eigenvalue weighted by atomic mass is 16.2. The van der Waals surface area contributed by atoms with Gasteiger partial charge in [0.25, 0.3) is 11.5 Å². The van der Waals surface area contributed by atoms with Crippen LogP contribution in [0.3, 0.4) is 0 Å². The maximum atomic E-state index is 13.1. The quantitative estimate of drug-likeness (QED) is 0.697. The summed E-state index contributed by atoms with van der Waals surface area (Å²) in [6.07, 6.45) is 0.938. The van der Waals surface area contributed by atoms with Crippen LogP contribution in [0.2, 0.25) is 0 Å². The second-order valence-corrected chi connectivity index (χ2v) is 7.83. The number of carbonyl (C=O) groups is 1.